The SMILES string of the molecule is C/C=C/[C@@H](C)C(=O)O.C=Cc1ccc2ccc([C@@H](C)OC(=O)[C@@H]3CCCN(C(=O)[C@H](C)NC(=O)[C@@H](CC(=O)OC(C)(C)C)C(C)C)N3)nc2c1.C=Cc1ccc2ccc([C@@H](C)OC(=O)[C@@H]3CCCN(C(=O)[C@H](C)NC(=O)[C@@H](NC(=O)[C@H](C)/C=C/C)C(C)C)N3)nc2c1. The number of carbonyl (C=O) groups is 9. The predicted molar refractivity (Wildman–Crippen MR) is 355 cm³/mol. The van der Waals surface area contributed by atoms with Crippen LogP contribution >= 0.6 is 0 Å². The molecule has 2 saturated heterocycles. The Balaban J connectivity index is 0.000000350. The van der Waals surface area contributed by atoms with Gasteiger partial charge in [-0.1, -0.05) is 121 Å². The lowest BCUT2D eigenvalue weighted by Crippen LogP contribution is -2.61. The molecule has 2 aliphatic rings. The van der Waals surface area contributed by atoms with Crippen LogP contribution < -0.4 is 26.8 Å². The van der Waals surface area contributed by atoms with Crippen LogP contribution in [0.3, 0.4) is 0 Å². The lowest BCUT2D eigenvalue weighted by Gasteiger charge is -2.35. The van der Waals surface area contributed by atoms with Crippen LogP contribution in [0.5, 0.6) is 0 Å². The average Bonchev–Trinajstić information content (AvgIpc) is 1.14. The van der Waals surface area contributed by atoms with Gasteiger partial charge in [-0.2, -0.15) is 0 Å². The van der Waals surface area contributed by atoms with E-state index in [9.17, 15) is 43.2 Å². The molecule has 4 heterocycles. The molecule has 0 radical (unpaired) electrons. The van der Waals surface area contributed by atoms with E-state index in [1.807, 2.05) is 95.3 Å². The third kappa shape index (κ3) is 23.2. The van der Waals surface area contributed by atoms with Crippen molar-refractivity contribution in [2.75, 3.05) is 13.1 Å². The summed E-state index contributed by atoms with van der Waals surface area (Å²) in [5.41, 5.74) is 9.97. The number of rotatable bonds is 23. The molecule has 10 atom stereocenters. The van der Waals surface area contributed by atoms with Gasteiger partial charge in [0.1, 0.15) is 48.0 Å². The maximum absolute atomic E-state index is 13.2. The van der Waals surface area contributed by atoms with E-state index >= 15 is 0 Å². The second kappa shape index (κ2) is 35.8. The van der Waals surface area contributed by atoms with Gasteiger partial charge in [-0.3, -0.25) is 53.2 Å². The van der Waals surface area contributed by atoms with Crippen LogP contribution in [0.4, 0.5) is 0 Å². The first-order chi connectivity index (χ1) is 43.3. The fourth-order valence-electron chi connectivity index (χ4n) is 9.85. The summed E-state index contributed by atoms with van der Waals surface area (Å²) in [5.74, 6) is -5.84. The number of nitrogens with one attached hydrogen (secondary N) is 5. The maximum atomic E-state index is 13.2. The molecule has 22 heteroatoms. The Morgan fingerprint density at radius 2 is 1.03 bits per heavy atom. The number of amides is 5. The van der Waals surface area contributed by atoms with Gasteiger partial charge in [0.2, 0.25) is 17.7 Å². The number of nitrogens with zero attached hydrogens (tertiary/aromatic N) is 4. The first-order valence-corrected chi connectivity index (χ1v) is 31.5. The Bertz CT molecular complexity index is 3320. The second-order valence-electron chi connectivity index (χ2n) is 24.9. The number of ether oxygens (including phenoxy) is 3. The number of esters is 3. The molecule has 2 fully saturated rings. The zero-order valence-corrected chi connectivity index (χ0v) is 56.2. The van der Waals surface area contributed by atoms with Gasteiger partial charge in [0.25, 0.3) is 11.8 Å². The number of carbonyl (C=O) groups excluding carboxylic acids is 8. The molecular weight excluding hydrogens is 1170 g/mol. The van der Waals surface area contributed by atoms with Crippen LogP contribution in [0, 0.1) is 29.6 Å². The van der Waals surface area contributed by atoms with Gasteiger partial charge in [-0.05, 0) is 142 Å². The molecule has 0 aliphatic carbocycles. The van der Waals surface area contributed by atoms with Crippen molar-refractivity contribution < 1.29 is 62.5 Å². The summed E-state index contributed by atoms with van der Waals surface area (Å²) in [6.07, 6.45) is 11.3. The maximum Gasteiger partial charge on any atom is 0.325 e. The van der Waals surface area contributed by atoms with Crippen LogP contribution in [0.2, 0.25) is 0 Å². The third-order valence-electron chi connectivity index (χ3n) is 15.3. The number of hydrogen-bond donors (Lipinski definition) is 6. The van der Waals surface area contributed by atoms with Gasteiger partial charge in [0.15, 0.2) is 0 Å². The van der Waals surface area contributed by atoms with Crippen LogP contribution in [-0.4, -0.2) is 127 Å². The fourth-order valence-corrected chi connectivity index (χ4v) is 9.85. The first-order valence-electron chi connectivity index (χ1n) is 31.5. The van der Waals surface area contributed by atoms with E-state index in [4.69, 9.17) is 19.3 Å². The van der Waals surface area contributed by atoms with Crippen molar-refractivity contribution in [1.82, 2.24) is 46.8 Å². The van der Waals surface area contributed by atoms with E-state index < -0.39 is 89.6 Å². The smallest absolute Gasteiger partial charge is 0.325 e. The lowest BCUT2D eigenvalue weighted by molar-refractivity contribution is -0.158. The van der Waals surface area contributed by atoms with Crippen molar-refractivity contribution in [2.24, 2.45) is 29.6 Å². The summed E-state index contributed by atoms with van der Waals surface area (Å²) in [5, 5.41) is 21.2. The van der Waals surface area contributed by atoms with Crippen molar-refractivity contribution in [3.05, 3.63) is 121 Å². The Morgan fingerprint density at radius 3 is 1.41 bits per heavy atom. The third-order valence-corrected chi connectivity index (χ3v) is 15.3. The van der Waals surface area contributed by atoms with Crippen LogP contribution in [0.25, 0.3) is 34.0 Å². The van der Waals surface area contributed by atoms with Gasteiger partial charge >= 0.3 is 23.9 Å². The standard InChI is InChI=1S/C32H43N5O5.C32H44N4O6.C6H10O2/c1-8-11-20(5)29(38)35-28(19(3)4)30(39)33-21(6)31(40)37-17-10-12-26(36-37)32(41)42-22(7)25-16-15-24-14-13-23(9-2)18-27(24)34-25;1-9-22-12-13-23-14-15-25(34-27(23)17-22)21(5)41-31(40)26-11-10-16-36(35-26)30(39)20(4)33-29(38)24(19(2)3)18-28(37)42-32(6,7)8;1-3-4-5(2)6(7)8/h8-9,11,13-16,18-22,26,28,36H,2,10,12,17H2,1,3-7H3,(H,33,39)(H,35,38);9,12-15,17,19-21,24,26,35H,1,10-11,16,18H2,2-8H3,(H,33,38);3-5H,1-2H3,(H,7,8)/b11-8+;;4-3+/t20-,21+,22-,26+,28+;20-,21+,24-,26-;5-/m101/s1. The Hall–Kier alpha value is -8.63. The van der Waals surface area contributed by atoms with E-state index in [0.717, 1.165) is 32.9 Å². The molecule has 2 aromatic carbocycles. The number of allylic oxidation sites excluding steroid dienone is 2. The highest BCUT2D eigenvalue weighted by molar-refractivity contribution is 5.93. The Morgan fingerprint density at radius 1 is 0.609 bits per heavy atom. The summed E-state index contributed by atoms with van der Waals surface area (Å²) in [6, 6.07) is 15.2. The van der Waals surface area contributed by atoms with Crippen molar-refractivity contribution >= 4 is 87.4 Å². The number of hydrazine groups is 2. The van der Waals surface area contributed by atoms with Gasteiger partial charge in [-0.25, -0.2) is 20.8 Å². The molecule has 0 spiro atoms. The molecule has 92 heavy (non-hydrogen) atoms. The molecule has 0 bridgehead atoms. The number of hydrogen-bond acceptors (Lipinski definition) is 16. The van der Waals surface area contributed by atoms with Crippen molar-refractivity contribution in [1.29, 1.82) is 0 Å². The molecule has 4 aromatic rings. The minimum Gasteiger partial charge on any atom is -0.481 e. The topological polar surface area (TPSA) is 294 Å². The normalized spacial score (nSPS) is 17.7. The molecule has 22 nitrogen and oxygen atoms in total. The zero-order chi connectivity index (χ0) is 68.7. The van der Waals surface area contributed by atoms with Gasteiger partial charge < -0.3 is 35.3 Å². The largest absolute Gasteiger partial charge is 0.481 e. The Kier molecular flexibility index (Phi) is 29.5. The average molecular weight is 1270 g/mol. The summed E-state index contributed by atoms with van der Waals surface area (Å²) in [4.78, 5) is 123. The summed E-state index contributed by atoms with van der Waals surface area (Å²) in [7, 11) is 0. The summed E-state index contributed by atoms with van der Waals surface area (Å²) < 4.78 is 16.8. The number of benzene rings is 2. The van der Waals surface area contributed by atoms with E-state index in [-0.39, 0.29) is 47.8 Å². The number of carboxylic acids is 1. The molecule has 6 rings (SSSR count). The Labute approximate surface area is 541 Å². The number of fused-ring (bicyclic) bond motifs is 2. The number of carboxylic acid groups (broad SMARTS) is 1. The molecule has 500 valence electrons. The first kappa shape index (κ1) is 75.8. The summed E-state index contributed by atoms with van der Waals surface area (Å²) in [6.45, 7) is 34.7. The van der Waals surface area contributed by atoms with Crippen LogP contribution in [0.15, 0.2) is 98.1 Å². The highest BCUT2D eigenvalue weighted by Gasteiger charge is 2.37. The number of pyridine rings is 2. The van der Waals surface area contributed by atoms with E-state index in [1.54, 1.807) is 106 Å². The van der Waals surface area contributed by atoms with E-state index in [1.165, 1.54) is 10.0 Å². The highest BCUT2D eigenvalue weighted by Crippen LogP contribution is 2.26. The zero-order valence-electron chi connectivity index (χ0n) is 56.2. The second-order valence-corrected chi connectivity index (χ2v) is 24.9. The highest BCUT2D eigenvalue weighted by atomic mass is 16.6. The van der Waals surface area contributed by atoms with Gasteiger partial charge in [0.05, 0.1) is 46.6 Å². The minimum absolute atomic E-state index is 0.0861. The molecule has 2 aliphatic heterocycles. The summed E-state index contributed by atoms with van der Waals surface area (Å²) >= 11 is 0. The van der Waals surface area contributed by atoms with Crippen molar-refractivity contribution in [2.45, 2.75) is 184 Å². The van der Waals surface area contributed by atoms with Crippen molar-refractivity contribution in [3.63, 3.8) is 0 Å². The number of aliphatic carboxylic acids is 1. The predicted octanol–water partition coefficient (Wildman–Crippen LogP) is 9.60. The molecule has 6 N–H and O–H groups in total. The molecule has 5 amide bonds. The van der Waals surface area contributed by atoms with Crippen molar-refractivity contribution in [3.8, 4) is 0 Å². The van der Waals surface area contributed by atoms with Gasteiger partial charge in [-0.15, -0.1) is 0 Å². The fraction of sp³-hybridized carbons (Fsp3) is 0.500. The monoisotopic (exact) mass is 1270 g/mol. The van der Waals surface area contributed by atoms with E-state index in [0.29, 0.717) is 50.2 Å². The quantitative estimate of drug-likeness (QED) is 0.0229. The van der Waals surface area contributed by atoms with E-state index in [2.05, 4.69) is 49.9 Å². The molecular formula is C70H97N9O13. The lowest BCUT2D eigenvalue weighted by atomic mass is 9.91. The molecule has 0 saturated carbocycles. The minimum atomic E-state index is -0.882. The van der Waals surface area contributed by atoms with Gasteiger partial charge in [0, 0.05) is 23.9 Å². The number of aromatic nitrogens is 2. The van der Waals surface area contributed by atoms with Crippen LogP contribution in [-0.2, 0) is 57.4 Å². The van der Waals surface area contributed by atoms with Crippen LogP contribution in [0.1, 0.15) is 171 Å². The molecule has 2 aromatic heterocycles. The molecule has 0 unspecified atom stereocenters.